The molecular formula is C24H15Cl2FN6O3. The van der Waals surface area contributed by atoms with Crippen LogP contribution < -0.4 is 21.7 Å². The molecule has 0 bridgehead atoms. The number of ether oxygens (including phenoxy) is 1. The van der Waals surface area contributed by atoms with Crippen LogP contribution in [0, 0.1) is 12.9 Å². The van der Waals surface area contributed by atoms with E-state index >= 15 is 0 Å². The number of rotatable bonds is 4. The van der Waals surface area contributed by atoms with Crippen LogP contribution in [-0.2, 0) is 0 Å². The number of pyridine rings is 2. The molecule has 0 saturated heterocycles. The SMILES string of the molecule is Cc1cc(-c2ccnc(F)c2)nc2ccc(Oc3c(Cl)cc(-n4nc(N)c(=O)[nH]c4=O)cc3Cl)cc12. The van der Waals surface area contributed by atoms with E-state index in [1.165, 1.54) is 24.4 Å². The van der Waals surface area contributed by atoms with Crippen LogP contribution in [0.2, 0.25) is 10.0 Å². The lowest BCUT2D eigenvalue weighted by Crippen LogP contribution is -2.33. The zero-order valence-electron chi connectivity index (χ0n) is 18.4. The predicted molar refractivity (Wildman–Crippen MR) is 135 cm³/mol. The third-order valence-electron chi connectivity index (χ3n) is 5.31. The molecule has 0 aliphatic heterocycles. The Hall–Kier alpha value is -4.28. The van der Waals surface area contributed by atoms with E-state index in [1.54, 1.807) is 24.3 Å². The molecular weight excluding hydrogens is 510 g/mol. The van der Waals surface area contributed by atoms with Gasteiger partial charge in [-0.3, -0.25) is 9.78 Å². The van der Waals surface area contributed by atoms with Crippen LogP contribution in [0.4, 0.5) is 10.2 Å². The summed E-state index contributed by atoms with van der Waals surface area (Å²) in [5, 5.41) is 4.78. The summed E-state index contributed by atoms with van der Waals surface area (Å²) < 4.78 is 20.4. The number of nitrogen functional groups attached to an aromatic ring is 1. The minimum Gasteiger partial charge on any atom is -0.454 e. The van der Waals surface area contributed by atoms with Crippen molar-refractivity contribution in [2.75, 3.05) is 5.73 Å². The number of halogens is 3. The van der Waals surface area contributed by atoms with Crippen LogP contribution >= 0.6 is 23.2 Å². The van der Waals surface area contributed by atoms with E-state index in [9.17, 15) is 14.0 Å². The van der Waals surface area contributed by atoms with Crippen LogP contribution in [0.1, 0.15) is 5.56 Å². The third kappa shape index (κ3) is 4.39. The van der Waals surface area contributed by atoms with Crippen molar-refractivity contribution in [2.45, 2.75) is 6.92 Å². The second-order valence-corrected chi connectivity index (χ2v) is 8.58. The van der Waals surface area contributed by atoms with Crippen molar-refractivity contribution in [1.82, 2.24) is 24.7 Å². The zero-order chi connectivity index (χ0) is 25.6. The normalized spacial score (nSPS) is 11.1. The number of nitrogens with one attached hydrogen (secondary N) is 1. The fraction of sp³-hybridized carbons (Fsp3) is 0.0417. The van der Waals surface area contributed by atoms with Gasteiger partial charge in [0.15, 0.2) is 5.75 Å². The van der Waals surface area contributed by atoms with Crippen molar-refractivity contribution >= 4 is 39.9 Å². The van der Waals surface area contributed by atoms with E-state index in [0.29, 0.717) is 22.5 Å². The summed E-state index contributed by atoms with van der Waals surface area (Å²) in [5.74, 6) is -0.378. The van der Waals surface area contributed by atoms with E-state index in [0.717, 1.165) is 15.6 Å². The Balaban J connectivity index is 1.50. The molecule has 3 heterocycles. The third-order valence-corrected chi connectivity index (χ3v) is 5.87. The van der Waals surface area contributed by atoms with E-state index < -0.39 is 17.2 Å². The van der Waals surface area contributed by atoms with Crippen LogP contribution in [0.5, 0.6) is 11.5 Å². The van der Waals surface area contributed by atoms with Crippen molar-refractivity contribution in [3.63, 3.8) is 0 Å². The van der Waals surface area contributed by atoms with E-state index in [4.69, 9.17) is 33.7 Å². The van der Waals surface area contributed by atoms with Crippen molar-refractivity contribution in [3.8, 4) is 28.4 Å². The first kappa shape index (κ1) is 23.5. The molecule has 36 heavy (non-hydrogen) atoms. The minimum atomic E-state index is -0.804. The van der Waals surface area contributed by atoms with Crippen molar-refractivity contribution < 1.29 is 9.13 Å². The van der Waals surface area contributed by atoms with Gasteiger partial charge in [-0.15, -0.1) is 5.10 Å². The molecule has 5 rings (SSSR count). The fourth-order valence-corrected chi connectivity index (χ4v) is 4.17. The Morgan fingerprint density at radius 2 is 1.81 bits per heavy atom. The topological polar surface area (TPSA) is 129 Å². The van der Waals surface area contributed by atoms with Gasteiger partial charge in [-0.2, -0.15) is 9.07 Å². The van der Waals surface area contributed by atoms with E-state index in [2.05, 4.69) is 20.1 Å². The fourth-order valence-electron chi connectivity index (χ4n) is 3.62. The Kier molecular flexibility index (Phi) is 5.91. The Labute approximate surface area is 211 Å². The van der Waals surface area contributed by atoms with Crippen molar-refractivity contribution in [3.05, 3.63) is 97.1 Å². The highest BCUT2D eigenvalue weighted by Crippen LogP contribution is 2.39. The lowest BCUT2D eigenvalue weighted by atomic mass is 10.1. The first-order chi connectivity index (χ1) is 17.2. The van der Waals surface area contributed by atoms with Gasteiger partial charge in [0.25, 0.3) is 5.56 Å². The standard InChI is InChI=1S/C24H15Cl2FN6O3/c1-11-6-19(12-4-5-29-20(27)7-12)30-18-3-2-14(10-15(11)18)36-21-16(25)8-13(9-17(21)26)33-24(35)31-23(34)22(28)32-33/h2-10H,1H3,(H2,28,32)(H,31,34,35). The summed E-state index contributed by atoms with van der Waals surface area (Å²) in [5.41, 5.74) is 6.90. The molecule has 180 valence electrons. The van der Waals surface area contributed by atoms with E-state index in [1.807, 2.05) is 13.0 Å². The number of H-pyrrole nitrogens is 1. The maximum Gasteiger partial charge on any atom is 0.349 e. The average molecular weight is 525 g/mol. The van der Waals surface area contributed by atoms with Gasteiger partial charge in [0, 0.05) is 23.2 Å². The number of nitrogens with zero attached hydrogens (tertiary/aromatic N) is 4. The molecule has 9 nitrogen and oxygen atoms in total. The number of benzene rings is 2. The van der Waals surface area contributed by atoms with Gasteiger partial charge in [0.05, 0.1) is 26.9 Å². The van der Waals surface area contributed by atoms with E-state index in [-0.39, 0.29) is 27.3 Å². The molecule has 12 heteroatoms. The van der Waals surface area contributed by atoms with Crippen LogP contribution in [0.3, 0.4) is 0 Å². The van der Waals surface area contributed by atoms with Gasteiger partial charge < -0.3 is 10.5 Å². The summed E-state index contributed by atoms with van der Waals surface area (Å²) in [6.45, 7) is 1.91. The molecule has 0 amide bonds. The molecule has 0 spiro atoms. The Bertz CT molecular complexity index is 1760. The van der Waals surface area contributed by atoms with Crippen LogP contribution in [0.15, 0.2) is 64.3 Å². The molecule has 0 unspecified atom stereocenters. The summed E-state index contributed by atoms with van der Waals surface area (Å²) in [6, 6.07) is 12.9. The molecule has 0 atom stereocenters. The second kappa shape index (κ2) is 9.06. The van der Waals surface area contributed by atoms with Crippen LogP contribution in [0.25, 0.3) is 27.8 Å². The first-order valence-electron chi connectivity index (χ1n) is 10.4. The molecule has 0 fully saturated rings. The summed E-state index contributed by atoms with van der Waals surface area (Å²) in [7, 11) is 0. The first-order valence-corrected chi connectivity index (χ1v) is 11.1. The summed E-state index contributed by atoms with van der Waals surface area (Å²) >= 11 is 12.8. The second-order valence-electron chi connectivity index (χ2n) is 7.77. The van der Waals surface area contributed by atoms with Crippen LogP contribution in [-0.4, -0.2) is 24.7 Å². The molecule has 5 aromatic rings. The Morgan fingerprint density at radius 1 is 1.06 bits per heavy atom. The molecule has 0 saturated carbocycles. The summed E-state index contributed by atoms with van der Waals surface area (Å²) in [6.07, 6.45) is 1.39. The number of hydrogen-bond acceptors (Lipinski definition) is 7. The lowest BCUT2D eigenvalue weighted by Gasteiger charge is -2.13. The zero-order valence-corrected chi connectivity index (χ0v) is 19.9. The lowest BCUT2D eigenvalue weighted by molar-refractivity contribution is 0.483. The van der Waals surface area contributed by atoms with Crippen molar-refractivity contribution in [1.29, 1.82) is 0 Å². The highest BCUT2D eigenvalue weighted by atomic mass is 35.5. The number of anilines is 1. The summed E-state index contributed by atoms with van der Waals surface area (Å²) in [4.78, 5) is 33.9. The maximum atomic E-state index is 13.6. The van der Waals surface area contributed by atoms with Gasteiger partial charge in [0.2, 0.25) is 11.8 Å². The minimum absolute atomic E-state index is 0.0981. The molecule has 2 aromatic carbocycles. The maximum absolute atomic E-state index is 13.6. The number of nitrogens with two attached hydrogens (primary N) is 1. The number of aromatic amines is 1. The molecule has 0 radical (unpaired) electrons. The number of fused-ring (bicyclic) bond motifs is 1. The van der Waals surface area contributed by atoms with Gasteiger partial charge in [-0.05, 0) is 55.0 Å². The molecule has 3 aromatic heterocycles. The molecule has 0 aliphatic carbocycles. The Morgan fingerprint density at radius 3 is 2.53 bits per heavy atom. The number of hydrogen-bond donors (Lipinski definition) is 2. The average Bonchev–Trinajstić information content (AvgIpc) is 2.83. The largest absolute Gasteiger partial charge is 0.454 e. The monoisotopic (exact) mass is 524 g/mol. The van der Waals surface area contributed by atoms with Gasteiger partial charge >= 0.3 is 5.69 Å². The predicted octanol–water partition coefficient (Wildman–Crippen LogP) is 4.66. The highest BCUT2D eigenvalue weighted by molar-refractivity contribution is 6.37. The van der Waals surface area contributed by atoms with Gasteiger partial charge in [0.1, 0.15) is 5.75 Å². The smallest absolute Gasteiger partial charge is 0.349 e. The number of aryl methyl sites for hydroxylation is 1. The highest BCUT2D eigenvalue weighted by Gasteiger charge is 2.15. The van der Waals surface area contributed by atoms with Gasteiger partial charge in [-0.25, -0.2) is 14.8 Å². The molecule has 3 N–H and O–H groups in total. The quantitative estimate of drug-likeness (QED) is 0.327. The molecule has 0 aliphatic rings. The number of aromatic nitrogens is 5. The van der Waals surface area contributed by atoms with Gasteiger partial charge in [-0.1, -0.05) is 23.2 Å². The van der Waals surface area contributed by atoms with Crippen molar-refractivity contribution in [2.24, 2.45) is 0 Å².